The van der Waals surface area contributed by atoms with Crippen LogP contribution in [0.3, 0.4) is 0 Å². The second-order valence-corrected chi connectivity index (χ2v) is 7.39. The Balaban J connectivity index is 1.66. The average molecular weight is 398 g/mol. The first-order chi connectivity index (χ1) is 13.6. The number of aryl methyl sites for hydroxylation is 2. The molecule has 0 saturated carbocycles. The molecule has 3 aromatic rings. The fourth-order valence-corrected chi connectivity index (χ4v) is 3.64. The van der Waals surface area contributed by atoms with Gasteiger partial charge < -0.3 is 0 Å². The molecule has 2 N–H and O–H groups in total. The number of benzene rings is 1. The zero-order chi connectivity index (χ0) is 19.9. The SMILES string of the molecule is CCCn1nc(C(=O)NNC(=O)CCCc2cccs2)c2ccccc2c1=O. The fraction of sp³-hybridized carbons (Fsp3) is 0.300. The molecule has 2 heterocycles. The molecule has 0 unspecified atom stereocenters. The smallest absolute Gasteiger partial charge is 0.273 e. The molecule has 0 aliphatic heterocycles. The van der Waals surface area contributed by atoms with Crippen molar-refractivity contribution in [2.24, 2.45) is 0 Å². The number of carbonyl (C=O) groups is 2. The van der Waals surface area contributed by atoms with E-state index in [-0.39, 0.29) is 17.2 Å². The number of nitrogens with zero attached hydrogens (tertiary/aromatic N) is 2. The molecule has 0 radical (unpaired) electrons. The minimum Gasteiger partial charge on any atom is -0.273 e. The summed E-state index contributed by atoms with van der Waals surface area (Å²) in [6, 6.07) is 10.9. The number of thiophene rings is 1. The highest BCUT2D eigenvalue weighted by Crippen LogP contribution is 2.13. The third kappa shape index (κ3) is 4.64. The summed E-state index contributed by atoms with van der Waals surface area (Å²) in [7, 11) is 0. The Labute approximate surface area is 166 Å². The summed E-state index contributed by atoms with van der Waals surface area (Å²) in [6.07, 6.45) is 2.55. The van der Waals surface area contributed by atoms with Gasteiger partial charge in [0.15, 0.2) is 5.69 Å². The van der Waals surface area contributed by atoms with E-state index in [1.807, 2.05) is 24.4 Å². The summed E-state index contributed by atoms with van der Waals surface area (Å²) in [6.45, 7) is 2.35. The lowest BCUT2D eigenvalue weighted by Crippen LogP contribution is -2.42. The lowest BCUT2D eigenvalue weighted by Gasteiger charge is -2.11. The number of amides is 2. The van der Waals surface area contributed by atoms with Gasteiger partial charge in [0.1, 0.15) is 0 Å². The molecule has 0 aliphatic carbocycles. The van der Waals surface area contributed by atoms with Crippen LogP contribution in [0.5, 0.6) is 0 Å². The predicted molar refractivity (Wildman–Crippen MR) is 109 cm³/mol. The van der Waals surface area contributed by atoms with Crippen LogP contribution in [0.1, 0.15) is 41.6 Å². The molecular formula is C20H22N4O3S. The molecule has 2 aromatic heterocycles. The Hall–Kier alpha value is -3.00. The van der Waals surface area contributed by atoms with Crippen molar-refractivity contribution in [3.63, 3.8) is 0 Å². The number of hydrogen-bond donors (Lipinski definition) is 2. The molecule has 7 nitrogen and oxygen atoms in total. The zero-order valence-electron chi connectivity index (χ0n) is 15.6. The third-order valence-electron chi connectivity index (χ3n) is 4.24. The van der Waals surface area contributed by atoms with Gasteiger partial charge in [-0.3, -0.25) is 25.2 Å². The van der Waals surface area contributed by atoms with Crippen LogP contribution < -0.4 is 16.4 Å². The molecule has 0 spiro atoms. The Morgan fingerprint density at radius 1 is 1.11 bits per heavy atom. The van der Waals surface area contributed by atoms with Crippen LogP contribution in [0.15, 0.2) is 46.6 Å². The molecular weight excluding hydrogens is 376 g/mol. The van der Waals surface area contributed by atoms with Gasteiger partial charge in [0.2, 0.25) is 5.91 Å². The second-order valence-electron chi connectivity index (χ2n) is 6.36. The highest BCUT2D eigenvalue weighted by Gasteiger charge is 2.17. The Bertz CT molecular complexity index is 1030. The average Bonchev–Trinajstić information content (AvgIpc) is 3.22. The number of fused-ring (bicyclic) bond motifs is 1. The van der Waals surface area contributed by atoms with Gasteiger partial charge in [0.05, 0.1) is 5.39 Å². The van der Waals surface area contributed by atoms with Crippen LogP contribution in [0, 0.1) is 0 Å². The number of hydrazine groups is 1. The summed E-state index contributed by atoms with van der Waals surface area (Å²) < 4.78 is 1.29. The quantitative estimate of drug-likeness (QED) is 0.599. The van der Waals surface area contributed by atoms with Crippen LogP contribution in [-0.2, 0) is 17.8 Å². The monoisotopic (exact) mass is 398 g/mol. The maximum Gasteiger partial charge on any atom is 0.290 e. The maximum absolute atomic E-state index is 12.6. The molecule has 0 saturated heterocycles. The summed E-state index contributed by atoms with van der Waals surface area (Å²) in [5, 5.41) is 7.10. The van der Waals surface area contributed by atoms with Crippen molar-refractivity contribution in [1.82, 2.24) is 20.6 Å². The minimum atomic E-state index is -0.548. The van der Waals surface area contributed by atoms with Crippen LogP contribution in [0.25, 0.3) is 10.8 Å². The van der Waals surface area contributed by atoms with Crippen molar-refractivity contribution in [2.45, 2.75) is 39.2 Å². The molecule has 146 valence electrons. The summed E-state index contributed by atoms with van der Waals surface area (Å²) in [5.74, 6) is -0.816. The summed E-state index contributed by atoms with van der Waals surface area (Å²) >= 11 is 1.66. The standard InChI is InChI=1S/C20H22N4O3S/c1-2-12-24-20(27)16-10-4-3-9-15(16)18(23-24)19(26)22-21-17(25)11-5-7-14-8-6-13-28-14/h3-4,6,8-10,13H,2,5,7,11-12H2,1H3,(H,21,25)(H,22,26). The van der Waals surface area contributed by atoms with E-state index >= 15 is 0 Å². The van der Waals surface area contributed by atoms with Crippen LogP contribution in [0.4, 0.5) is 0 Å². The van der Waals surface area contributed by atoms with E-state index < -0.39 is 5.91 Å². The van der Waals surface area contributed by atoms with Crippen molar-refractivity contribution in [3.05, 3.63) is 62.7 Å². The highest BCUT2D eigenvalue weighted by atomic mass is 32.1. The van der Waals surface area contributed by atoms with Crippen LogP contribution in [0.2, 0.25) is 0 Å². The van der Waals surface area contributed by atoms with Crippen molar-refractivity contribution in [1.29, 1.82) is 0 Å². The molecule has 1 aromatic carbocycles. The second kappa shape index (κ2) is 9.27. The Morgan fingerprint density at radius 3 is 2.61 bits per heavy atom. The predicted octanol–water partition coefficient (Wildman–Crippen LogP) is 2.65. The van der Waals surface area contributed by atoms with Crippen molar-refractivity contribution >= 4 is 33.9 Å². The van der Waals surface area contributed by atoms with Crippen molar-refractivity contribution in [3.8, 4) is 0 Å². The molecule has 0 bridgehead atoms. The van der Waals surface area contributed by atoms with Gasteiger partial charge >= 0.3 is 0 Å². The number of hydrogen-bond acceptors (Lipinski definition) is 5. The van der Waals surface area contributed by atoms with Crippen molar-refractivity contribution in [2.75, 3.05) is 0 Å². The van der Waals surface area contributed by atoms with E-state index in [4.69, 9.17) is 0 Å². The van der Waals surface area contributed by atoms with E-state index in [9.17, 15) is 14.4 Å². The van der Waals surface area contributed by atoms with E-state index in [1.165, 1.54) is 9.56 Å². The lowest BCUT2D eigenvalue weighted by atomic mass is 10.1. The zero-order valence-corrected chi connectivity index (χ0v) is 16.4. The first-order valence-corrected chi connectivity index (χ1v) is 10.1. The highest BCUT2D eigenvalue weighted by molar-refractivity contribution is 7.09. The number of rotatable bonds is 7. The maximum atomic E-state index is 12.6. The Morgan fingerprint density at radius 2 is 1.89 bits per heavy atom. The van der Waals surface area contributed by atoms with Gasteiger partial charge in [-0.05, 0) is 36.8 Å². The Kier molecular flexibility index (Phi) is 6.54. The molecule has 8 heteroatoms. The molecule has 0 atom stereocenters. The van der Waals surface area contributed by atoms with E-state index in [0.29, 0.717) is 36.6 Å². The van der Waals surface area contributed by atoms with Gasteiger partial charge in [-0.2, -0.15) is 5.10 Å². The first-order valence-electron chi connectivity index (χ1n) is 9.21. The number of carbonyl (C=O) groups excluding carboxylic acids is 2. The van der Waals surface area contributed by atoms with Crippen molar-refractivity contribution < 1.29 is 9.59 Å². The van der Waals surface area contributed by atoms with Gasteiger partial charge in [-0.15, -0.1) is 11.3 Å². The normalized spacial score (nSPS) is 10.8. The summed E-state index contributed by atoms with van der Waals surface area (Å²) in [5.41, 5.74) is 4.72. The lowest BCUT2D eigenvalue weighted by molar-refractivity contribution is -0.121. The van der Waals surface area contributed by atoms with E-state index in [2.05, 4.69) is 16.0 Å². The molecule has 0 aliphatic rings. The minimum absolute atomic E-state index is 0.113. The first kappa shape index (κ1) is 19.8. The fourth-order valence-electron chi connectivity index (χ4n) is 2.89. The van der Waals surface area contributed by atoms with E-state index in [0.717, 1.165) is 6.42 Å². The molecule has 3 rings (SSSR count). The number of nitrogens with one attached hydrogen (secondary N) is 2. The van der Waals surface area contributed by atoms with Crippen LogP contribution in [-0.4, -0.2) is 21.6 Å². The topological polar surface area (TPSA) is 93.1 Å². The third-order valence-corrected chi connectivity index (χ3v) is 5.18. The summed E-state index contributed by atoms with van der Waals surface area (Å²) in [4.78, 5) is 38.3. The molecule has 0 fully saturated rings. The van der Waals surface area contributed by atoms with Gasteiger partial charge in [-0.25, -0.2) is 4.68 Å². The largest absolute Gasteiger partial charge is 0.290 e. The van der Waals surface area contributed by atoms with E-state index in [1.54, 1.807) is 35.6 Å². The molecule has 2 amide bonds. The molecule has 28 heavy (non-hydrogen) atoms. The van der Waals surface area contributed by atoms with Gasteiger partial charge in [0.25, 0.3) is 11.5 Å². The number of aromatic nitrogens is 2. The van der Waals surface area contributed by atoms with Crippen LogP contribution >= 0.6 is 11.3 Å². The van der Waals surface area contributed by atoms with Gasteiger partial charge in [-0.1, -0.05) is 31.2 Å². The van der Waals surface area contributed by atoms with Gasteiger partial charge in [0, 0.05) is 23.2 Å².